The predicted octanol–water partition coefficient (Wildman–Crippen LogP) is 3.06. The van der Waals surface area contributed by atoms with Gasteiger partial charge in [0, 0.05) is 4.47 Å². The van der Waals surface area contributed by atoms with E-state index < -0.39 is 6.09 Å². The van der Waals surface area contributed by atoms with Crippen LogP contribution in [-0.4, -0.2) is 23.4 Å². The SMILES string of the molecule is COC(=O)Nc1nnc(COc2ccc(Br)cc2)s1. The van der Waals surface area contributed by atoms with Crippen LogP contribution >= 0.6 is 27.3 Å². The second-order valence-electron chi connectivity index (χ2n) is 3.36. The van der Waals surface area contributed by atoms with Gasteiger partial charge in [0.1, 0.15) is 12.4 Å². The summed E-state index contributed by atoms with van der Waals surface area (Å²) >= 11 is 4.58. The van der Waals surface area contributed by atoms with Crippen molar-refractivity contribution in [3.63, 3.8) is 0 Å². The van der Waals surface area contributed by atoms with Crippen LogP contribution < -0.4 is 10.1 Å². The Balaban J connectivity index is 1.89. The molecule has 1 heterocycles. The van der Waals surface area contributed by atoms with E-state index in [1.54, 1.807) is 0 Å². The van der Waals surface area contributed by atoms with Crippen LogP contribution in [0.2, 0.25) is 0 Å². The van der Waals surface area contributed by atoms with Crippen molar-refractivity contribution in [2.45, 2.75) is 6.61 Å². The lowest BCUT2D eigenvalue weighted by Crippen LogP contribution is -2.10. The molecule has 1 aromatic carbocycles. The van der Waals surface area contributed by atoms with Crippen LogP contribution in [0.15, 0.2) is 28.7 Å². The van der Waals surface area contributed by atoms with Crippen LogP contribution in [0, 0.1) is 0 Å². The van der Waals surface area contributed by atoms with Crippen LogP contribution in [0.4, 0.5) is 9.93 Å². The number of rotatable bonds is 4. The molecule has 1 amide bonds. The molecule has 1 N–H and O–H groups in total. The summed E-state index contributed by atoms with van der Waals surface area (Å²) in [5.74, 6) is 0.737. The zero-order valence-corrected chi connectivity index (χ0v) is 12.3. The Labute approximate surface area is 121 Å². The molecule has 0 aliphatic rings. The lowest BCUT2D eigenvalue weighted by Gasteiger charge is -2.02. The highest BCUT2D eigenvalue weighted by atomic mass is 79.9. The standard InChI is InChI=1S/C11H10BrN3O3S/c1-17-11(16)13-10-15-14-9(19-10)6-18-8-4-2-7(12)3-5-8/h2-5H,6H2,1H3,(H,13,15,16). The van der Waals surface area contributed by atoms with E-state index in [-0.39, 0.29) is 0 Å². The van der Waals surface area contributed by atoms with Gasteiger partial charge in [0.05, 0.1) is 7.11 Å². The van der Waals surface area contributed by atoms with Crippen LogP contribution in [0.5, 0.6) is 5.75 Å². The van der Waals surface area contributed by atoms with Gasteiger partial charge in [-0.3, -0.25) is 5.32 Å². The van der Waals surface area contributed by atoms with E-state index >= 15 is 0 Å². The molecule has 0 saturated carbocycles. The monoisotopic (exact) mass is 343 g/mol. The number of nitrogens with zero attached hydrogens (tertiary/aromatic N) is 2. The summed E-state index contributed by atoms with van der Waals surface area (Å²) in [5, 5.41) is 11.2. The summed E-state index contributed by atoms with van der Waals surface area (Å²) < 4.78 is 11.0. The van der Waals surface area contributed by atoms with Gasteiger partial charge in [-0.1, -0.05) is 27.3 Å². The number of benzene rings is 1. The molecule has 8 heteroatoms. The van der Waals surface area contributed by atoms with Crippen molar-refractivity contribution in [1.82, 2.24) is 10.2 Å². The number of aromatic nitrogens is 2. The van der Waals surface area contributed by atoms with Crippen molar-refractivity contribution in [2.24, 2.45) is 0 Å². The number of ether oxygens (including phenoxy) is 2. The second kappa shape index (κ2) is 6.48. The van der Waals surface area contributed by atoms with E-state index in [1.165, 1.54) is 18.4 Å². The van der Waals surface area contributed by atoms with E-state index in [9.17, 15) is 4.79 Å². The largest absolute Gasteiger partial charge is 0.486 e. The lowest BCUT2D eigenvalue weighted by atomic mass is 10.3. The highest BCUT2D eigenvalue weighted by molar-refractivity contribution is 9.10. The number of nitrogens with one attached hydrogen (secondary N) is 1. The topological polar surface area (TPSA) is 73.3 Å². The van der Waals surface area contributed by atoms with Gasteiger partial charge in [0.25, 0.3) is 0 Å². The number of carbonyl (C=O) groups is 1. The molecule has 0 saturated heterocycles. The minimum Gasteiger partial charge on any atom is -0.486 e. The molecule has 0 aliphatic heterocycles. The molecule has 0 unspecified atom stereocenters. The Morgan fingerprint density at radius 2 is 2.11 bits per heavy atom. The van der Waals surface area contributed by atoms with Gasteiger partial charge in [-0.25, -0.2) is 4.79 Å². The fourth-order valence-electron chi connectivity index (χ4n) is 1.18. The Hall–Kier alpha value is -1.67. The highest BCUT2D eigenvalue weighted by Gasteiger charge is 2.08. The van der Waals surface area contributed by atoms with Crippen LogP contribution in [0.1, 0.15) is 5.01 Å². The van der Waals surface area contributed by atoms with Gasteiger partial charge in [-0.15, -0.1) is 10.2 Å². The van der Waals surface area contributed by atoms with Gasteiger partial charge in [-0.2, -0.15) is 0 Å². The number of methoxy groups -OCH3 is 1. The molecule has 0 aliphatic carbocycles. The molecule has 0 radical (unpaired) electrons. The van der Waals surface area contributed by atoms with Crippen molar-refractivity contribution in [2.75, 3.05) is 12.4 Å². The average Bonchev–Trinajstić information content (AvgIpc) is 2.85. The molecular weight excluding hydrogens is 334 g/mol. The molecule has 2 aromatic rings. The number of carbonyl (C=O) groups excluding carboxylic acids is 1. The number of hydrogen-bond donors (Lipinski definition) is 1. The summed E-state index contributed by atoms with van der Waals surface area (Å²) in [4.78, 5) is 11.0. The molecule has 0 fully saturated rings. The molecular formula is C11H10BrN3O3S. The predicted molar refractivity (Wildman–Crippen MR) is 74.4 cm³/mol. The molecule has 19 heavy (non-hydrogen) atoms. The average molecular weight is 344 g/mol. The van der Waals surface area contributed by atoms with E-state index in [4.69, 9.17) is 4.74 Å². The third-order valence-corrected chi connectivity index (χ3v) is 3.38. The zero-order chi connectivity index (χ0) is 13.7. The summed E-state index contributed by atoms with van der Waals surface area (Å²) in [5.41, 5.74) is 0. The van der Waals surface area contributed by atoms with Crippen molar-refractivity contribution < 1.29 is 14.3 Å². The Morgan fingerprint density at radius 3 is 2.79 bits per heavy atom. The first-order chi connectivity index (χ1) is 9.17. The first-order valence-corrected chi connectivity index (χ1v) is 6.84. The van der Waals surface area contributed by atoms with Crippen molar-refractivity contribution >= 4 is 38.5 Å². The van der Waals surface area contributed by atoms with Gasteiger partial charge in [-0.05, 0) is 24.3 Å². The third kappa shape index (κ3) is 4.18. The van der Waals surface area contributed by atoms with E-state index in [0.29, 0.717) is 16.7 Å². The zero-order valence-electron chi connectivity index (χ0n) is 9.92. The molecule has 100 valence electrons. The number of anilines is 1. The Morgan fingerprint density at radius 1 is 1.37 bits per heavy atom. The second-order valence-corrected chi connectivity index (χ2v) is 5.34. The normalized spacial score (nSPS) is 10.0. The Kier molecular flexibility index (Phi) is 4.69. The maximum Gasteiger partial charge on any atom is 0.413 e. The van der Waals surface area contributed by atoms with Gasteiger partial charge in [0.15, 0.2) is 5.01 Å². The van der Waals surface area contributed by atoms with Crippen molar-refractivity contribution in [3.8, 4) is 5.75 Å². The van der Waals surface area contributed by atoms with Crippen LogP contribution in [0.3, 0.4) is 0 Å². The first-order valence-electron chi connectivity index (χ1n) is 5.23. The summed E-state index contributed by atoms with van der Waals surface area (Å²) in [6.45, 7) is 0.294. The fraction of sp³-hybridized carbons (Fsp3) is 0.182. The highest BCUT2D eigenvalue weighted by Crippen LogP contribution is 2.20. The smallest absolute Gasteiger partial charge is 0.413 e. The number of hydrogen-bond acceptors (Lipinski definition) is 6. The van der Waals surface area contributed by atoms with E-state index in [0.717, 1.165) is 10.2 Å². The molecule has 6 nitrogen and oxygen atoms in total. The Bertz CT molecular complexity index is 559. The summed E-state index contributed by atoms with van der Waals surface area (Å²) in [7, 11) is 1.29. The van der Waals surface area contributed by atoms with Crippen LogP contribution in [0.25, 0.3) is 0 Å². The number of halogens is 1. The lowest BCUT2D eigenvalue weighted by molar-refractivity contribution is 0.187. The summed E-state index contributed by atoms with van der Waals surface area (Å²) in [6.07, 6.45) is -0.573. The fourth-order valence-corrected chi connectivity index (χ4v) is 2.08. The van der Waals surface area contributed by atoms with E-state index in [2.05, 4.69) is 36.2 Å². The molecule has 1 aromatic heterocycles. The van der Waals surface area contributed by atoms with Crippen LogP contribution in [-0.2, 0) is 11.3 Å². The molecule has 2 rings (SSSR count). The molecule has 0 spiro atoms. The summed E-state index contributed by atoms with van der Waals surface area (Å²) in [6, 6.07) is 7.47. The third-order valence-electron chi connectivity index (χ3n) is 2.04. The molecule has 0 bridgehead atoms. The van der Waals surface area contributed by atoms with Gasteiger partial charge >= 0.3 is 6.09 Å². The number of amides is 1. The maximum absolute atomic E-state index is 11.0. The minimum absolute atomic E-state index is 0.294. The van der Waals surface area contributed by atoms with Gasteiger partial charge < -0.3 is 9.47 Å². The van der Waals surface area contributed by atoms with Crippen molar-refractivity contribution in [3.05, 3.63) is 33.7 Å². The minimum atomic E-state index is -0.573. The maximum atomic E-state index is 11.0. The molecule has 0 atom stereocenters. The van der Waals surface area contributed by atoms with E-state index in [1.807, 2.05) is 24.3 Å². The van der Waals surface area contributed by atoms with Crippen molar-refractivity contribution in [1.29, 1.82) is 0 Å². The quantitative estimate of drug-likeness (QED) is 0.923. The first kappa shape index (κ1) is 13.8. The van der Waals surface area contributed by atoms with Gasteiger partial charge in [0.2, 0.25) is 5.13 Å².